The fraction of sp³-hybridized carbons (Fsp3) is 0.421. The first-order chi connectivity index (χ1) is 13.5. The van der Waals surface area contributed by atoms with E-state index in [4.69, 9.17) is 19.3 Å². The highest BCUT2D eigenvalue weighted by Gasteiger charge is 2.28. The number of methoxy groups -OCH3 is 1. The van der Waals surface area contributed by atoms with Crippen LogP contribution in [0.1, 0.15) is 12.0 Å². The Morgan fingerprint density at radius 3 is 2.86 bits per heavy atom. The average Bonchev–Trinajstić information content (AvgIpc) is 3.16. The van der Waals surface area contributed by atoms with Gasteiger partial charge in [0.1, 0.15) is 12.7 Å². The summed E-state index contributed by atoms with van der Waals surface area (Å²) in [5.41, 5.74) is 2.71. The number of pyridine rings is 2. The second kappa shape index (κ2) is 7.41. The van der Waals surface area contributed by atoms with E-state index >= 15 is 0 Å². The molecule has 0 bridgehead atoms. The molecule has 0 radical (unpaired) electrons. The Balaban J connectivity index is 1.57. The van der Waals surface area contributed by atoms with Gasteiger partial charge in [-0.3, -0.25) is 0 Å². The fourth-order valence-electron chi connectivity index (χ4n) is 3.51. The van der Waals surface area contributed by atoms with Gasteiger partial charge in [0.15, 0.2) is 5.75 Å². The molecule has 148 valence electrons. The third kappa shape index (κ3) is 3.47. The van der Waals surface area contributed by atoms with E-state index in [9.17, 15) is 4.79 Å². The lowest BCUT2D eigenvalue weighted by Gasteiger charge is -2.31. The van der Waals surface area contributed by atoms with Gasteiger partial charge in [-0.25, -0.2) is 14.8 Å². The highest BCUT2D eigenvalue weighted by atomic mass is 16.5. The number of hydrogen-bond donors (Lipinski definition) is 1. The van der Waals surface area contributed by atoms with Crippen LogP contribution in [0.2, 0.25) is 0 Å². The smallest absolute Gasteiger partial charge is 0.407 e. The molecular weight excluding hydrogens is 364 g/mol. The number of anilines is 2. The Labute approximate surface area is 162 Å². The summed E-state index contributed by atoms with van der Waals surface area (Å²) in [5, 5.41) is 9.09. The summed E-state index contributed by atoms with van der Waals surface area (Å²) in [6, 6.07) is 3.85. The maximum absolute atomic E-state index is 11.1. The standard InChI is InChI=1S/C19H22N4O5/c1-12-7-13(9-21-18(12)26-2)23-5-6-27-16-10-20-17(8-15(16)23)28-14-3-4-22(11-14)19(24)25/h7-10,14H,3-6,11H2,1-2H3,(H,24,25)/t14-/m0/s1. The Kier molecular flexibility index (Phi) is 4.81. The highest BCUT2D eigenvalue weighted by molar-refractivity contribution is 5.71. The summed E-state index contributed by atoms with van der Waals surface area (Å²) in [7, 11) is 1.60. The maximum Gasteiger partial charge on any atom is 0.407 e. The number of hydrogen-bond acceptors (Lipinski definition) is 7. The lowest BCUT2D eigenvalue weighted by molar-refractivity contribution is 0.144. The number of aromatic nitrogens is 2. The van der Waals surface area contributed by atoms with Crippen LogP contribution in [0.15, 0.2) is 24.5 Å². The van der Waals surface area contributed by atoms with Crippen LogP contribution >= 0.6 is 0 Å². The molecule has 0 aliphatic carbocycles. The number of rotatable bonds is 4. The number of carbonyl (C=O) groups is 1. The Morgan fingerprint density at radius 1 is 1.29 bits per heavy atom. The third-order valence-electron chi connectivity index (χ3n) is 4.91. The van der Waals surface area contributed by atoms with Gasteiger partial charge in [-0.15, -0.1) is 0 Å². The van der Waals surface area contributed by atoms with Gasteiger partial charge < -0.3 is 29.1 Å². The van der Waals surface area contributed by atoms with E-state index in [0.717, 1.165) is 16.9 Å². The molecular formula is C19H22N4O5. The second-order valence-electron chi connectivity index (χ2n) is 6.77. The lowest BCUT2D eigenvalue weighted by Crippen LogP contribution is -2.30. The zero-order valence-corrected chi connectivity index (χ0v) is 15.8. The van der Waals surface area contributed by atoms with Crippen LogP contribution in [-0.2, 0) is 0 Å². The van der Waals surface area contributed by atoms with Crippen LogP contribution in [0.3, 0.4) is 0 Å². The largest absolute Gasteiger partial charge is 0.488 e. The van der Waals surface area contributed by atoms with Crippen molar-refractivity contribution in [3.05, 3.63) is 30.1 Å². The van der Waals surface area contributed by atoms with Crippen LogP contribution in [0.5, 0.6) is 17.5 Å². The predicted molar refractivity (Wildman–Crippen MR) is 101 cm³/mol. The minimum Gasteiger partial charge on any atom is -0.488 e. The zero-order chi connectivity index (χ0) is 19.7. The number of fused-ring (bicyclic) bond motifs is 1. The number of carboxylic acid groups (broad SMARTS) is 1. The van der Waals surface area contributed by atoms with Crippen molar-refractivity contribution in [2.24, 2.45) is 0 Å². The predicted octanol–water partition coefficient (Wildman–Crippen LogP) is 2.46. The van der Waals surface area contributed by atoms with Crippen molar-refractivity contribution in [1.82, 2.24) is 14.9 Å². The van der Waals surface area contributed by atoms with Gasteiger partial charge in [-0.1, -0.05) is 0 Å². The molecule has 2 aliphatic rings. The van der Waals surface area contributed by atoms with Crippen molar-refractivity contribution in [3.63, 3.8) is 0 Å². The van der Waals surface area contributed by atoms with Crippen LogP contribution in [0.25, 0.3) is 0 Å². The molecule has 9 nitrogen and oxygen atoms in total. The molecule has 4 heterocycles. The Morgan fingerprint density at radius 2 is 2.14 bits per heavy atom. The van der Waals surface area contributed by atoms with E-state index in [1.165, 1.54) is 4.90 Å². The first-order valence-electron chi connectivity index (χ1n) is 9.10. The zero-order valence-electron chi connectivity index (χ0n) is 15.8. The van der Waals surface area contributed by atoms with Crippen molar-refractivity contribution < 1.29 is 24.1 Å². The van der Waals surface area contributed by atoms with Gasteiger partial charge in [0, 0.05) is 24.6 Å². The molecule has 1 fully saturated rings. The lowest BCUT2D eigenvalue weighted by atomic mass is 10.2. The van der Waals surface area contributed by atoms with E-state index in [2.05, 4.69) is 14.9 Å². The quantitative estimate of drug-likeness (QED) is 0.856. The van der Waals surface area contributed by atoms with Crippen molar-refractivity contribution in [2.75, 3.05) is 38.3 Å². The summed E-state index contributed by atoms with van der Waals surface area (Å²) in [5.74, 6) is 1.72. The number of ether oxygens (including phenoxy) is 3. The number of amides is 1. The van der Waals surface area contributed by atoms with E-state index < -0.39 is 6.09 Å². The molecule has 1 saturated heterocycles. The van der Waals surface area contributed by atoms with Gasteiger partial charge in [0.2, 0.25) is 11.8 Å². The van der Waals surface area contributed by atoms with E-state index in [1.54, 1.807) is 19.5 Å². The van der Waals surface area contributed by atoms with Crippen molar-refractivity contribution >= 4 is 17.5 Å². The molecule has 2 aliphatic heterocycles. The first kappa shape index (κ1) is 18.1. The molecule has 1 N–H and O–H groups in total. The van der Waals surface area contributed by atoms with Crippen LogP contribution in [-0.4, -0.2) is 65.5 Å². The Bertz CT molecular complexity index is 891. The molecule has 0 saturated carbocycles. The number of aryl methyl sites for hydroxylation is 1. The monoisotopic (exact) mass is 386 g/mol. The molecule has 0 aromatic carbocycles. The molecule has 1 amide bonds. The van der Waals surface area contributed by atoms with E-state index in [-0.39, 0.29) is 6.10 Å². The normalized spacial score (nSPS) is 18.4. The summed E-state index contributed by atoms with van der Waals surface area (Å²) in [6.07, 6.45) is 2.93. The number of likely N-dealkylation sites (tertiary alicyclic amines) is 1. The summed E-state index contributed by atoms with van der Waals surface area (Å²) < 4.78 is 16.9. The second-order valence-corrected chi connectivity index (χ2v) is 6.77. The molecule has 1 atom stereocenters. The van der Waals surface area contributed by atoms with E-state index in [1.807, 2.05) is 19.1 Å². The summed E-state index contributed by atoms with van der Waals surface area (Å²) in [6.45, 7) is 3.97. The minimum atomic E-state index is -0.925. The molecule has 0 unspecified atom stereocenters. The maximum atomic E-state index is 11.1. The third-order valence-corrected chi connectivity index (χ3v) is 4.91. The van der Waals surface area contributed by atoms with Crippen molar-refractivity contribution in [2.45, 2.75) is 19.4 Å². The highest BCUT2D eigenvalue weighted by Crippen LogP contribution is 2.38. The van der Waals surface area contributed by atoms with Gasteiger partial charge in [0.05, 0.1) is 44.0 Å². The minimum absolute atomic E-state index is 0.204. The molecule has 9 heteroatoms. The van der Waals surface area contributed by atoms with Gasteiger partial charge in [-0.2, -0.15) is 0 Å². The first-order valence-corrected chi connectivity index (χ1v) is 9.10. The Hall–Kier alpha value is -3.23. The van der Waals surface area contributed by atoms with Crippen LogP contribution in [0, 0.1) is 6.92 Å². The van der Waals surface area contributed by atoms with Gasteiger partial charge in [0.25, 0.3) is 0 Å². The molecule has 2 aromatic rings. The topological polar surface area (TPSA) is 97.3 Å². The fourth-order valence-corrected chi connectivity index (χ4v) is 3.51. The average molecular weight is 386 g/mol. The molecule has 0 spiro atoms. The van der Waals surface area contributed by atoms with Crippen LogP contribution < -0.4 is 19.1 Å². The van der Waals surface area contributed by atoms with Crippen LogP contribution in [0.4, 0.5) is 16.2 Å². The molecule has 2 aromatic heterocycles. The van der Waals surface area contributed by atoms with E-state index in [0.29, 0.717) is 50.2 Å². The SMILES string of the molecule is COc1ncc(N2CCOc3cnc(O[C@H]4CCN(C(=O)O)C4)cc32)cc1C. The summed E-state index contributed by atoms with van der Waals surface area (Å²) in [4.78, 5) is 23.2. The molecule has 28 heavy (non-hydrogen) atoms. The van der Waals surface area contributed by atoms with Gasteiger partial charge >= 0.3 is 6.09 Å². The number of nitrogens with zero attached hydrogens (tertiary/aromatic N) is 4. The van der Waals surface area contributed by atoms with Gasteiger partial charge in [-0.05, 0) is 13.0 Å². The van der Waals surface area contributed by atoms with Crippen molar-refractivity contribution in [3.8, 4) is 17.5 Å². The summed E-state index contributed by atoms with van der Waals surface area (Å²) >= 11 is 0. The molecule has 4 rings (SSSR count). The van der Waals surface area contributed by atoms with Crippen molar-refractivity contribution in [1.29, 1.82) is 0 Å².